The Morgan fingerprint density at radius 1 is 0.960 bits per heavy atom. The fraction of sp³-hybridized carbons (Fsp3) is 0.900. The van der Waals surface area contributed by atoms with Crippen LogP contribution in [0.5, 0.6) is 0 Å². The van der Waals surface area contributed by atoms with Crippen molar-refractivity contribution in [1.82, 2.24) is 15.5 Å². The van der Waals surface area contributed by atoms with Crippen LogP contribution in [0.3, 0.4) is 0 Å². The highest BCUT2D eigenvalue weighted by molar-refractivity contribution is 5.83. The maximum atomic E-state index is 12.4. The summed E-state index contributed by atoms with van der Waals surface area (Å²) < 4.78 is 0. The summed E-state index contributed by atoms with van der Waals surface area (Å²) in [5, 5.41) is 6.65. The summed E-state index contributed by atoms with van der Waals surface area (Å²) in [6.45, 7) is 8.70. The average Bonchev–Trinajstić information content (AvgIpc) is 2.86. The van der Waals surface area contributed by atoms with Gasteiger partial charge in [0.1, 0.15) is 0 Å². The Morgan fingerprint density at radius 3 is 2.28 bits per heavy atom. The molecule has 5 heteroatoms. The van der Waals surface area contributed by atoms with E-state index in [9.17, 15) is 9.59 Å². The van der Waals surface area contributed by atoms with Gasteiger partial charge >= 0.3 is 0 Å². The van der Waals surface area contributed by atoms with E-state index in [0.29, 0.717) is 19.1 Å². The Hall–Kier alpha value is -1.10. The molecule has 2 rings (SSSR count). The molecular formula is C20H37N3O2. The summed E-state index contributed by atoms with van der Waals surface area (Å²) in [6, 6.07) is 0.619. The first-order valence-electron chi connectivity index (χ1n) is 10.2. The number of nitrogens with zero attached hydrogens (tertiary/aromatic N) is 1. The van der Waals surface area contributed by atoms with E-state index in [1.807, 2.05) is 25.7 Å². The van der Waals surface area contributed by atoms with Crippen LogP contribution in [-0.2, 0) is 9.59 Å². The SMILES string of the molecule is CC(C)(C)C(=O)N1CCCC(C(=O)NCCNC2CCCCCC2)C1. The Bertz CT molecular complexity index is 437. The van der Waals surface area contributed by atoms with Crippen LogP contribution in [0.4, 0.5) is 0 Å². The average molecular weight is 352 g/mol. The van der Waals surface area contributed by atoms with Crippen LogP contribution in [-0.4, -0.2) is 48.9 Å². The zero-order valence-corrected chi connectivity index (χ0v) is 16.4. The zero-order chi connectivity index (χ0) is 18.3. The number of carbonyl (C=O) groups is 2. The lowest BCUT2D eigenvalue weighted by molar-refractivity contribution is -0.142. The molecule has 0 aromatic carbocycles. The molecule has 1 unspecified atom stereocenters. The molecule has 1 aliphatic heterocycles. The molecule has 25 heavy (non-hydrogen) atoms. The fourth-order valence-electron chi connectivity index (χ4n) is 3.94. The van der Waals surface area contributed by atoms with E-state index in [2.05, 4.69) is 10.6 Å². The topological polar surface area (TPSA) is 61.4 Å². The van der Waals surface area contributed by atoms with Crippen molar-refractivity contribution in [2.45, 2.75) is 78.2 Å². The molecule has 1 aliphatic carbocycles. The fourth-order valence-corrected chi connectivity index (χ4v) is 3.94. The van der Waals surface area contributed by atoms with Gasteiger partial charge in [-0.1, -0.05) is 46.5 Å². The molecule has 1 atom stereocenters. The Kier molecular flexibility index (Phi) is 7.73. The number of carbonyl (C=O) groups excluding carboxylic acids is 2. The van der Waals surface area contributed by atoms with Gasteiger partial charge in [-0.05, 0) is 25.7 Å². The van der Waals surface area contributed by atoms with E-state index in [1.165, 1.54) is 38.5 Å². The van der Waals surface area contributed by atoms with Crippen molar-refractivity contribution in [3.8, 4) is 0 Å². The Balaban J connectivity index is 1.68. The second kappa shape index (κ2) is 9.56. The molecular weight excluding hydrogens is 314 g/mol. The number of piperidine rings is 1. The third-order valence-corrected chi connectivity index (χ3v) is 5.43. The molecule has 0 aromatic heterocycles. The quantitative estimate of drug-likeness (QED) is 0.591. The molecule has 1 saturated heterocycles. The van der Waals surface area contributed by atoms with Gasteiger partial charge in [0, 0.05) is 37.6 Å². The maximum absolute atomic E-state index is 12.4. The molecule has 0 radical (unpaired) electrons. The highest BCUT2D eigenvalue weighted by Crippen LogP contribution is 2.23. The van der Waals surface area contributed by atoms with Crippen molar-refractivity contribution in [2.75, 3.05) is 26.2 Å². The summed E-state index contributed by atoms with van der Waals surface area (Å²) in [5.41, 5.74) is -0.374. The second-order valence-electron chi connectivity index (χ2n) is 8.77. The smallest absolute Gasteiger partial charge is 0.227 e. The Labute approximate surface area is 153 Å². The summed E-state index contributed by atoms with van der Waals surface area (Å²) >= 11 is 0. The predicted octanol–water partition coefficient (Wildman–Crippen LogP) is 2.70. The minimum atomic E-state index is -0.374. The van der Waals surface area contributed by atoms with E-state index in [4.69, 9.17) is 0 Å². The lowest BCUT2D eigenvalue weighted by atomic mass is 9.91. The summed E-state index contributed by atoms with van der Waals surface area (Å²) in [6.07, 6.45) is 9.70. The first-order valence-corrected chi connectivity index (χ1v) is 10.2. The number of likely N-dealkylation sites (tertiary alicyclic amines) is 1. The molecule has 2 amide bonds. The van der Waals surface area contributed by atoms with Crippen LogP contribution in [0.1, 0.15) is 72.1 Å². The normalized spacial score (nSPS) is 23.2. The number of amides is 2. The Morgan fingerprint density at radius 2 is 1.64 bits per heavy atom. The van der Waals surface area contributed by atoms with Crippen LogP contribution in [0.2, 0.25) is 0 Å². The van der Waals surface area contributed by atoms with Gasteiger partial charge < -0.3 is 15.5 Å². The van der Waals surface area contributed by atoms with E-state index >= 15 is 0 Å². The van der Waals surface area contributed by atoms with Crippen LogP contribution in [0.15, 0.2) is 0 Å². The van der Waals surface area contributed by atoms with Gasteiger partial charge in [0.2, 0.25) is 11.8 Å². The highest BCUT2D eigenvalue weighted by Gasteiger charge is 2.33. The number of rotatable bonds is 5. The largest absolute Gasteiger partial charge is 0.355 e. The van der Waals surface area contributed by atoms with Crippen LogP contribution in [0, 0.1) is 11.3 Å². The monoisotopic (exact) mass is 351 g/mol. The molecule has 144 valence electrons. The van der Waals surface area contributed by atoms with Crippen molar-refractivity contribution in [3.63, 3.8) is 0 Å². The summed E-state index contributed by atoms with van der Waals surface area (Å²) in [5.74, 6) is 0.201. The van der Waals surface area contributed by atoms with Gasteiger partial charge in [0.25, 0.3) is 0 Å². The molecule has 2 fully saturated rings. The van der Waals surface area contributed by atoms with Gasteiger partial charge in [0.05, 0.1) is 5.92 Å². The third kappa shape index (κ3) is 6.61. The van der Waals surface area contributed by atoms with Gasteiger partial charge in [-0.3, -0.25) is 9.59 Å². The van der Waals surface area contributed by atoms with E-state index in [0.717, 1.165) is 25.9 Å². The summed E-state index contributed by atoms with van der Waals surface area (Å²) in [4.78, 5) is 26.8. The molecule has 0 aromatic rings. The molecule has 1 saturated carbocycles. The van der Waals surface area contributed by atoms with Gasteiger partial charge in [0.15, 0.2) is 0 Å². The molecule has 2 aliphatic rings. The second-order valence-corrected chi connectivity index (χ2v) is 8.77. The minimum absolute atomic E-state index is 0.0575. The molecule has 0 spiro atoms. The molecule has 2 N–H and O–H groups in total. The predicted molar refractivity (Wildman–Crippen MR) is 101 cm³/mol. The van der Waals surface area contributed by atoms with Crippen molar-refractivity contribution in [1.29, 1.82) is 0 Å². The lowest BCUT2D eigenvalue weighted by Gasteiger charge is -2.35. The maximum Gasteiger partial charge on any atom is 0.227 e. The lowest BCUT2D eigenvalue weighted by Crippen LogP contribution is -2.49. The van der Waals surface area contributed by atoms with Crippen LogP contribution in [0.25, 0.3) is 0 Å². The molecule has 0 bridgehead atoms. The van der Waals surface area contributed by atoms with E-state index in [-0.39, 0.29) is 23.1 Å². The van der Waals surface area contributed by atoms with Gasteiger partial charge in [-0.15, -0.1) is 0 Å². The van der Waals surface area contributed by atoms with E-state index in [1.54, 1.807) is 0 Å². The van der Waals surface area contributed by atoms with Crippen molar-refractivity contribution < 1.29 is 9.59 Å². The van der Waals surface area contributed by atoms with Crippen LogP contribution < -0.4 is 10.6 Å². The van der Waals surface area contributed by atoms with Crippen molar-refractivity contribution >= 4 is 11.8 Å². The number of hydrogen-bond acceptors (Lipinski definition) is 3. The summed E-state index contributed by atoms with van der Waals surface area (Å²) in [7, 11) is 0. The van der Waals surface area contributed by atoms with Gasteiger partial charge in [-0.25, -0.2) is 0 Å². The van der Waals surface area contributed by atoms with Crippen LogP contribution >= 0.6 is 0 Å². The van der Waals surface area contributed by atoms with Gasteiger partial charge in [-0.2, -0.15) is 0 Å². The zero-order valence-electron chi connectivity index (χ0n) is 16.4. The number of hydrogen-bond donors (Lipinski definition) is 2. The van der Waals surface area contributed by atoms with Crippen molar-refractivity contribution in [2.24, 2.45) is 11.3 Å². The first-order chi connectivity index (χ1) is 11.9. The van der Waals surface area contributed by atoms with Crippen molar-refractivity contribution in [3.05, 3.63) is 0 Å². The molecule has 1 heterocycles. The third-order valence-electron chi connectivity index (χ3n) is 5.43. The molecule has 5 nitrogen and oxygen atoms in total. The standard InChI is InChI=1S/C20H37N3O2/c1-20(2,3)19(25)23-14-8-9-16(15-23)18(24)22-13-12-21-17-10-6-4-5-7-11-17/h16-17,21H,4-15H2,1-3H3,(H,22,24). The van der Waals surface area contributed by atoms with E-state index < -0.39 is 0 Å². The first kappa shape index (κ1) is 20.2. The minimum Gasteiger partial charge on any atom is -0.355 e. The number of nitrogens with one attached hydrogen (secondary N) is 2. The highest BCUT2D eigenvalue weighted by atomic mass is 16.2.